The third kappa shape index (κ3) is 4.84. The maximum atomic E-state index is 13.1. The molecule has 29 heavy (non-hydrogen) atoms. The van der Waals surface area contributed by atoms with Gasteiger partial charge in [0.05, 0.1) is 24.3 Å². The van der Waals surface area contributed by atoms with Crippen LogP contribution in [0.3, 0.4) is 0 Å². The standard InChI is InChI=1S/C23H21N3O2S/c1-17-9-11-18(12-10-17)14-21-22(27)26(16-20-8-5-13-28-20)23(29-21)25-24-15-19-6-3-2-4-7-19/h2-13,15,21H,14,16H2,1H3/b24-15-,25-23-/t21-/m1/s1. The van der Waals surface area contributed by atoms with Gasteiger partial charge < -0.3 is 4.42 Å². The van der Waals surface area contributed by atoms with E-state index in [9.17, 15) is 4.79 Å². The number of carbonyl (C=O) groups is 1. The molecule has 4 rings (SSSR count). The van der Waals surface area contributed by atoms with Crippen molar-refractivity contribution in [1.82, 2.24) is 4.90 Å². The van der Waals surface area contributed by atoms with Crippen LogP contribution in [0, 0.1) is 6.92 Å². The first-order valence-corrected chi connectivity index (χ1v) is 10.3. The molecule has 2 aromatic carbocycles. The molecule has 146 valence electrons. The van der Waals surface area contributed by atoms with Crippen molar-refractivity contribution >= 4 is 29.1 Å². The molecule has 3 aromatic rings. The molecule has 0 unspecified atom stereocenters. The summed E-state index contributed by atoms with van der Waals surface area (Å²) < 4.78 is 5.44. The Morgan fingerprint density at radius 1 is 1.07 bits per heavy atom. The van der Waals surface area contributed by atoms with Crippen LogP contribution in [-0.2, 0) is 17.8 Å². The Kier molecular flexibility index (Phi) is 5.91. The van der Waals surface area contributed by atoms with E-state index in [1.807, 2.05) is 42.5 Å². The van der Waals surface area contributed by atoms with Crippen molar-refractivity contribution < 1.29 is 9.21 Å². The van der Waals surface area contributed by atoms with Crippen LogP contribution >= 0.6 is 11.8 Å². The number of furan rings is 1. The summed E-state index contributed by atoms with van der Waals surface area (Å²) in [5.41, 5.74) is 3.30. The van der Waals surface area contributed by atoms with Gasteiger partial charge in [0.1, 0.15) is 5.76 Å². The van der Waals surface area contributed by atoms with Gasteiger partial charge in [-0.3, -0.25) is 9.69 Å². The normalized spacial score (nSPS) is 18.2. The number of amidine groups is 1. The van der Waals surface area contributed by atoms with Crippen molar-refractivity contribution in [1.29, 1.82) is 0 Å². The van der Waals surface area contributed by atoms with Crippen LogP contribution < -0.4 is 0 Å². The predicted molar refractivity (Wildman–Crippen MR) is 117 cm³/mol. The molecule has 1 aromatic heterocycles. The summed E-state index contributed by atoms with van der Waals surface area (Å²) in [5, 5.41) is 8.93. The summed E-state index contributed by atoms with van der Waals surface area (Å²) in [6.45, 7) is 2.41. The first kappa shape index (κ1) is 19.2. The van der Waals surface area contributed by atoms with Gasteiger partial charge in [0.25, 0.3) is 0 Å². The first-order chi connectivity index (χ1) is 14.2. The number of benzene rings is 2. The van der Waals surface area contributed by atoms with Crippen molar-refractivity contribution in [2.45, 2.75) is 25.1 Å². The predicted octanol–water partition coefficient (Wildman–Crippen LogP) is 4.66. The number of nitrogens with zero attached hydrogens (tertiary/aromatic N) is 3. The molecule has 1 saturated heterocycles. The van der Waals surface area contributed by atoms with E-state index >= 15 is 0 Å². The Balaban J connectivity index is 1.54. The lowest BCUT2D eigenvalue weighted by atomic mass is 10.1. The molecule has 2 heterocycles. The maximum Gasteiger partial charge on any atom is 0.242 e. The minimum absolute atomic E-state index is 0.0284. The van der Waals surface area contributed by atoms with Crippen molar-refractivity contribution in [3.8, 4) is 0 Å². The zero-order chi connectivity index (χ0) is 20.1. The number of aryl methyl sites for hydroxylation is 1. The van der Waals surface area contributed by atoms with E-state index in [1.165, 1.54) is 17.3 Å². The molecule has 0 aliphatic carbocycles. The lowest BCUT2D eigenvalue weighted by Gasteiger charge is -2.14. The van der Waals surface area contributed by atoms with Crippen LogP contribution in [0.5, 0.6) is 0 Å². The largest absolute Gasteiger partial charge is 0.467 e. The smallest absolute Gasteiger partial charge is 0.242 e. The number of hydrogen-bond donors (Lipinski definition) is 0. The third-order valence-electron chi connectivity index (χ3n) is 4.61. The highest BCUT2D eigenvalue weighted by Crippen LogP contribution is 2.31. The van der Waals surface area contributed by atoms with Crippen LogP contribution in [0.2, 0.25) is 0 Å². The highest BCUT2D eigenvalue weighted by atomic mass is 32.2. The van der Waals surface area contributed by atoms with Gasteiger partial charge in [-0.25, -0.2) is 0 Å². The van der Waals surface area contributed by atoms with Crippen molar-refractivity contribution in [3.63, 3.8) is 0 Å². The van der Waals surface area contributed by atoms with E-state index in [-0.39, 0.29) is 11.2 Å². The van der Waals surface area contributed by atoms with E-state index < -0.39 is 0 Å². The minimum atomic E-state index is -0.224. The van der Waals surface area contributed by atoms with Crippen LogP contribution in [0.25, 0.3) is 0 Å². The van der Waals surface area contributed by atoms with Gasteiger partial charge in [0.2, 0.25) is 5.91 Å². The van der Waals surface area contributed by atoms with E-state index in [0.717, 1.165) is 16.9 Å². The summed E-state index contributed by atoms with van der Waals surface area (Å²) in [6.07, 6.45) is 3.95. The highest BCUT2D eigenvalue weighted by Gasteiger charge is 2.38. The van der Waals surface area contributed by atoms with Gasteiger partial charge in [-0.15, -0.1) is 5.10 Å². The molecule has 5 nitrogen and oxygen atoms in total. The Morgan fingerprint density at radius 2 is 1.86 bits per heavy atom. The van der Waals surface area contributed by atoms with Gasteiger partial charge in [-0.2, -0.15) is 5.10 Å². The second kappa shape index (κ2) is 8.92. The topological polar surface area (TPSA) is 58.2 Å². The first-order valence-electron chi connectivity index (χ1n) is 9.41. The Bertz CT molecular complexity index is 1010. The van der Waals surface area contributed by atoms with Crippen LogP contribution in [0.1, 0.15) is 22.5 Å². The SMILES string of the molecule is Cc1ccc(C[C@H]2S/C(=N\N=C/c3ccccc3)N(Cc3ccco3)C2=O)cc1. The van der Waals surface area contributed by atoms with Crippen LogP contribution in [-0.4, -0.2) is 27.4 Å². The Morgan fingerprint density at radius 3 is 2.59 bits per heavy atom. The monoisotopic (exact) mass is 403 g/mol. The van der Waals surface area contributed by atoms with Gasteiger partial charge in [-0.05, 0) is 36.6 Å². The average Bonchev–Trinajstić information content (AvgIpc) is 3.35. The minimum Gasteiger partial charge on any atom is -0.467 e. The molecule has 0 saturated carbocycles. The number of amides is 1. The second-order valence-electron chi connectivity index (χ2n) is 6.84. The highest BCUT2D eigenvalue weighted by molar-refractivity contribution is 8.15. The summed E-state index contributed by atoms with van der Waals surface area (Å²) in [4.78, 5) is 14.7. The molecule has 1 atom stereocenters. The molecule has 0 bridgehead atoms. The van der Waals surface area contributed by atoms with E-state index in [0.29, 0.717) is 18.1 Å². The molecule has 6 heteroatoms. The molecule has 0 radical (unpaired) electrons. The van der Waals surface area contributed by atoms with Crippen molar-refractivity contribution in [3.05, 3.63) is 95.4 Å². The van der Waals surface area contributed by atoms with Gasteiger partial charge >= 0.3 is 0 Å². The molecular weight excluding hydrogens is 382 g/mol. The number of carbonyl (C=O) groups excluding carboxylic acids is 1. The third-order valence-corrected chi connectivity index (χ3v) is 5.77. The molecule has 1 aliphatic heterocycles. The fraction of sp³-hybridized carbons (Fsp3) is 0.174. The lowest BCUT2D eigenvalue weighted by Crippen LogP contribution is -2.32. The molecule has 0 N–H and O–H groups in total. The van der Waals surface area contributed by atoms with Gasteiger partial charge in [0.15, 0.2) is 5.17 Å². The quantitative estimate of drug-likeness (QED) is 0.444. The zero-order valence-electron chi connectivity index (χ0n) is 16.1. The number of thioether (sulfide) groups is 1. The maximum absolute atomic E-state index is 13.1. The van der Waals surface area contributed by atoms with E-state index in [2.05, 4.69) is 41.4 Å². The molecular formula is C23H21N3O2S. The van der Waals surface area contributed by atoms with Gasteiger partial charge in [0, 0.05) is 0 Å². The summed E-state index contributed by atoms with van der Waals surface area (Å²) in [6, 6.07) is 21.7. The second-order valence-corrected chi connectivity index (χ2v) is 8.01. The molecule has 1 fully saturated rings. The van der Waals surface area contributed by atoms with E-state index in [4.69, 9.17) is 4.42 Å². The fourth-order valence-electron chi connectivity index (χ4n) is 3.04. The Hall–Kier alpha value is -3.12. The van der Waals surface area contributed by atoms with Crippen LogP contribution in [0.4, 0.5) is 0 Å². The number of hydrogen-bond acceptors (Lipinski definition) is 5. The molecule has 1 aliphatic rings. The van der Waals surface area contributed by atoms with Crippen molar-refractivity contribution in [2.24, 2.45) is 10.2 Å². The zero-order valence-corrected chi connectivity index (χ0v) is 16.9. The summed E-state index contributed by atoms with van der Waals surface area (Å²) in [5.74, 6) is 0.746. The Labute approximate surface area is 174 Å². The van der Waals surface area contributed by atoms with Crippen LogP contribution in [0.15, 0.2) is 87.6 Å². The average molecular weight is 404 g/mol. The summed E-state index contributed by atoms with van der Waals surface area (Å²) in [7, 11) is 0. The number of rotatable bonds is 6. The lowest BCUT2D eigenvalue weighted by molar-refractivity contribution is -0.126. The van der Waals surface area contributed by atoms with Crippen molar-refractivity contribution in [2.75, 3.05) is 0 Å². The fourth-order valence-corrected chi connectivity index (χ4v) is 4.18. The molecule has 0 spiro atoms. The van der Waals surface area contributed by atoms with E-state index in [1.54, 1.807) is 17.4 Å². The molecule has 1 amide bonds. The summed E-state index contributed by atoms with van der Waals surface area (Å²) >= 11 is 1.45. The van der Waals surface area contributed by atoms with Gasteiger partial charge in [-0.1, -0.05) is 71.9 Å².